The summed E-state index contributed by atoms with van der Waals surface area (Å²) in [6.07, 6.45) is 6.84. The fourth-order valence-electron chi connectivity index (χ4n) is 2.32. The maximum absolute atomic E-state index is 5.92. The van der Waals surface area contributed by atoms with Gasteiger partial charge in [-0.25, -0.2) is 0 Å². The second-order valence-electron chi connectivity index (χ2n) is 4.79. The number of halogens is 1. The molecule has 3 nitrogen and oxygen atoms in total. The smallest absolute Gasteiger partial charge is 0.0642 e. The maximum atomic E-state index is 5.92. The van der Waals surface area contributed by atoms with E-state index in [4.69, 9.17) is 22.1 Å². The van der Waals surface area contributed by atoms with Gasteiger partial charge in [-0.15, -0.1) is 0 Å². The summed E-state index contributed by atoms with van der Waals surface area (Å²) in [6, 6.07) is 5.45. The zero-order valence-corrected chi connectivity index (χ0v) is 11.4. The highest BCUT2D eigenvalue weighted by molar-refractivity contribution is 6.31. The van der Waals surface area contributed by atoms with Crippen molar-refractivity contribution < 1.29 is 4.74 Å². The van der Waals surface area contributed by atoms with Crippen molar-refractivity contribution in [2.24, 2.45) is 0 Å². The predicted molar refractivity (Wildman–Crippen MR) is 77.2 cm³/mol. The Morgan fingerprint density at radius 3 is 2.83 bits per heavy atom. The molecule has 0 bridgehead atoms. The topological polar surface area (TPSA) is 47.3 Å². The lowest BCUT2D eigenvalue weighted by molar-refractivity contribution is 0.0347. The van der Waals surface area contributed by atoms with Crippen LogP contribution in [0.2, 0.25) is 5.02 Å². The first-order valence-electron chi connectivity index (χ1n) is 6.66. The first-order valence-corrected chi connectivity index (χ1v) is 7.04. The standard InChI is InChI=1S/C14H21ClN2O/c15-11-6-7-13(16)14(10-11)17-8-9-18-12-4-2-1-3-5-12/h6-7,10,12,17H,1-5,8-9,16H2. The molecule has 0 aliphatic heterocycles. The molecule has 100 valence electrons. The van der Waals surface area contributed by atoms with Crippen molar-refractivity contribution in [1.29, 1.82) is 0 Å². The largest absolute Gasteiger partial charge is 0.397 e. The molecule has 3 N–H and O–H groups in total. The molecule has 0 aromatic heterocycles. The molecular weight excluding hydrogens is 248 g/mol. The van der Waals surface area contributed by atoms with Crippen molar-refractivity contribution in [2.45, 2.75) is 38.2 Å². The number of anilines is 2. The van der Waals surface area contributed by atoms with Gasteiger partial charge in [0.05, 0.1) is 24.1 Å². The molecule has 0 atom stereocenters. The third kappa shape index (κ3) is 4.07. The van der Waals surface area contributed by atoms with Crippen LogP contribution in [-0.2, 0) is 4.74 Å². The van der Waals surface area contributed by atoms with Gasteiger partial charge in [-0.3, -0.25) is 0 Å². The first kappa shape index (κ1) is 13.5. The highest BCUT2D eigenvalue weighted by Gasteiger charge is 2.13. The summed E-state index contributed by atoms with van der Waals surface area (Å²) in [7, 11) is 0. The second-order valence-corrected chi connectivity index (χ2v) is 5.23. The van der Waals surface area contributed by atoms with E-state index in [2.05, 4.69) is 5.32 Å². The van der Waals surface area contributed by atoms with Gasteiger partial charge >= 0.3 is 0 Å². The van der Waals surface area contributed by atoms with Gasteiger partial charge < -0.3 is 15.8 Å². The summed E-state index contributed by atoms with van der Waals surface area (Å²) in [6.45, 7) is 1.48. The molecular formula is C14H21ClN2O. The van der Waals surface area contributed by atoms with E-state index in [9.17, 15) is 0 Å². The van der Waals surface area contributed by atoms with Gasteiger partial charge in [0.1, 0.15) is 0 Å². The molecule has 0 amide bonds. The zero-order chi connectivity index (χ0) is 12.8. The monoisotopic (exact) mass is 268 g/mol. The Kier molecular flexibility index (Phi) is 5.14. The number of hydrogen-bond donors (Lipinski definition) is 2. The van der Waals surface area contributed by atoms with Gasteiger partial charge in [-0.2, -0.15) is 0 Å². The second kappa shape index (κ2) is 6.86. The lowest BCUT2D eigenvalue weighted by atomic mass is 9.98. The van der Waals surface area contributed by atoms with Crippen LogP contribution in [0.15, 0.2) is 18.2 Å². The van der Waals surface area contributed by atoms with Crippen LogP contribution in [0.4, 0.5) is 11.4 Å². The number of nitrogens with two attached hydrogens (primary N) is 1. The fraction of sp³-hybridized carbons (Fsp3) is 0.571. The number of benzene rings is 1. The molecule has 0 saturated heterocycles. The van der Waals surface area contributed by atoms with Gasteiger partial charge in [-0.05, 0) is 31.0 Å². The molecule has 0 spiro atoms. The van der Waals surface area contributed by atoms with Crippen molar-refractivity contribution in [3.05, 3.63) is 23.2 Å². The Balaban J connectivity index is 1.69. The highest BCUT2D eigenvalue weighted by atomic mass is 35.5. The number of ether oxygens (including phenoxy) is 1. The van der Waals surface area contributed by atoms with Crippen molar-refractivity contribution in [3.63, 3.8) is 0 Å². The summed E-state index contributed by atoms with van der Waals surface area (Å²) in [5, 5.41) is 3.95. The normalized spacial score (nSPS) is 16.7. The molecule has 2 rings (SSSR count). The maximum Gasteiger partial charge on any atom is 0.0642 e. The van der Waals surface area contributed by atoms with Crippen LogP contribution >= 0.6 is 11.6 Å². The van der Waals surface area contributed by atoms with E-state index in [1.807, 2.05) is 12.1 Å². The SMILES string of the molecule is Nc1ccc(Cl)cc1NCCOC1CCCCC1. The molecule has 18 heavy (non-hydrogen) atoms. The third-order valence-electron chi connectivity index (χ3n) is 3.34. The quantitative estimate of drug-likeness (QED) is 0.633. The molecule has 4 heteroatoms. The van der Waals surface area contributed by atoms with E-state index in [0.717, 1.165) is 24.5 Å². The molecule has 1 saturated carbocycles. The fourth-order valence-corrected chi connectivity index (χ4v) is 2.50. The van der Waals surface area contributed by atoms with Crippen LogP contribution in [0.5, 0.6) is 0 Å². The van der Waals surface area contributed by atoms with Crippen LogP contribution in [0.3, 0.4) is 0 Å². The van der Waals surface area contributed by atoms with Gasteiger partial charge in [0, 0.05) is 11.6 Å². The summed E-state index contributed by atoms with van der Waals surface area (Å²) in [5.74, 6) is 0. The van der Waals surface area contributed by atoms with E-state index in [0.29, 0.717) is 11.1 Å². The third-order valence-corrected chi connectivity index (χ3v) is 3.57. The van der Waals surface area contributed by atoms with Gasteiger partial charge in [0.25, 0.3) is 0 Å². The van der Waals surface area contributed by atoms with Crippen molar-refractivity contribution >= 4 is 23.0 Å². The molecule has 1 aliphatic carbocycles. The molecule has 0 radical (unpaired) electrons. The Hall–Kier alpha value is -0.930. The van der Waals surface area contributed by atoms with Crippen molar-refractivity contribution in [1.82, 2.24) is 0 Å². The highest BCUT2D eigenvalue weighted by Crippen LogP contribution is 2.23. The summed E-state index contributed by atoms with van der Waals surface area (Å²) < 4.78 is 5.84. The van der Waals surface area contributed by atoms with E-state index >= 15 is 0 Å². The van der Waals surface area contributed by atoms with Crippen LogP contribution in [0, 0.1) is 0 Å². The summed E-state index contributed by atoms with van der Waals surface area (Å²) >= 11 is 5.92. The number of nitrogens with one attached hydrogen (secondary N) is 1. The molecule has 0 heterocycles. The lowest BCUT2D eigenvalue weighted by Crippen LogP contribution is -2.20. The van der Waals surface area contributed by atoms with E-state index in [-0.39, 0.29) is 0 Å². The summed E-state index contributed by atoms with van der Waals surface area (Å²) in [5.41, 5.74) is 7.46. The molecule has 0 unspecified atom stereocenters. The van der Waals surface area contributed by atoms with Crippen LogP contribution < -0.4 is 11.1 Å². The van der Waals surface area contributed by atoms with Crippen molar-refractivity contribution in [2.75, 3.05) is 24.2 Å². The Morgan fingerprint density at radius 1 is 1.28 bits per heavy atom. The van der Waals surface area contributed by atoms with Gasteiger partial charge in [0.15, 0.2) is 0 Å². The van der Waals surface area contributed by atoms with Crippen LogP contribution in [-0.4, -0.2) is 19.3 Å². The zero-order valence-electron chi connectivity index (χ0n) is 10.6. The average molecular weight is 269 g/mol. The van der Waals surface area contributed by atoms with Gasteiger partial charge in [-0.1, -0.05) is 30.9 Å². The lowest BCUT2D eigenvalue weighted by Gasteiger charge is -2.22. The van der Waals surface area contributed by atoms with E-state index < -0.39 is 0 Å². The summed E-state index contributed by atoms with van der Waals surface area (Å²) in [4.78, 5) is 0. The minimum atomic E-state index is 0.456. The minimum Gasteiger partial charge on any atom is -0.397 e. The van der Waals surface area contributed by atoms with Crippen LogP contribution in [0.25, 0.3) is 0 Å². The minimum absolute atomic E-state index is 0.456. The van der Waals surface area contributed by atoms with E-state index in [1.54, 1.807) is 6.07 Å². The van der Waals surface area contributed by atoms with Gasteiger partial charge in [0.2, 0.25) is 0 Å². The Bertz CT molecular complexity index is 378. The predicted octanol–water partition coefficient (Wildman–Crippen LogP) is 3.68. The Labute approximate surface area is 114 Å². The molecule has 1 fully saturated rings. The molecule has 1 aromatic carbocycles. The number of nitrogen functional groups attached to an aromatic ring is 1. The first-order chi connectivity index (χ1) is 8.75. The Morgan fingerprint density at radius 2 is 2.06 bits per heavy atom. The van der Waals surface area contributed by atoms with E-state index in [1.165, 1.54) is 32.1 Å². The molecule has 1 aliphatic rings. The number of hydrogen-bond acceptors (Lipinski definition) is 3. The average Bonchev–Trinajstić information content (AvgIpc) is 2.40. The van der Waals surface area contributed by atoms with Crippen LogP contribution in [0.1, 0.15) is 32.1 Å². The number of rotatable bonds is 5. The van der Waals surface area contributed by atoms with Crippen molar-refractivity contribution in [3.8, 4) is 0 Å². The molecule has 1 aromatic rings.